The molecule has 1 aromatic rings. The van der Waals surface area contributed by atoms with Gasteiger partial charge in [-0.2, -0.15) is 4.31 Å². The van der Waals surface area contributed by atoms with Gasteiger partial charge in [0.1, 0.15) is 0 Å². The zero-order chi connectivity index (χ0) is 14.8. The summed E-state index contributed by atoms with van der Waals surface area (Å²) in [6, 6.07) is 5.06. The van der Waals surface area contributed by atoms with Crippen molar-refractivity contribution in [3.8, 4) is 0 Å². The smallest absolute Gasteiger partial charge is 0.244 e. The predicted molar refractivity (Wildman–Crippen MR) is 85.2 cm³/mol. The zero-order valence-electron chi connectivity index (χ0n) is 11.2. The largest absolute Gasteiger partial charge is 0.377 e. The van der Waals surface area contributed by atoms with Crippen LogP contribution in [0.25, 0.3) is 0 Å². The lowest BCUT2D eigenvalue weighted by molar-refractivity contribution is 0.00858. The van der Waals surface area contributed by atoms with Gasteiger partial charge in [-0.05, 0) is 53.4 Å². The topological polar surface area (TPSA) is 46.6 Å². The van der Waals surface area contributed by atoms with Crippen LogP contribution in [0.15, 0.2) is 32.0 Å². The summed E-state index contributed by atoms with van der Waals surface area (Å²) in [4.78, 5) is 0.277. The van der Waals surface area contributed by atoms with Crippen LogP contribution >= 0.6 is 31.9 Å². The Hall–Kier alpha value is 0.0500. The summed E-state index contributed by atoms with van der Waals surface area (Å²) < 4.78 is 33.5. The highest BCUT2D eigenvalue weighted by Gasteiger charge is 2.26. The molecule has 20 heavy (non-hydrogen) atoms. The number of likely N-dealkylation sites (N-methyl/N-ethyl adjacent to an activating group) is 1. The molecule has 1 aliphatic heterocycles. The van der Waals surface area contributed by atoms with Crippen molar-refractivity contribution in [3.05, 3.63) is 27.1 Å². The summed E-state index contributed by atoms with van der Waals surface area (Å²) in [7, 11) is -1.90. The average molecular weight is 427 g/mol. The van der Waals surface area contributed by atoms with Crippen molar-refractivity contribution in [2.24, 2.45) is 0 Å². The molecule has 0 bridgehead atoms. The number of benzene rings is 1. The lowest BCUT2D eigenvalue weighted by Gasteiger charge is -2.27. The van der Waals surface area contributed by atoms with Crippen LogP contribution in [0, 0.1) is 0 Å². The Morgan fingerprint density at radius 3 is 2.70 bits per heavy atom. The Morgan fingerprint density at radius 2 is 2.10 bits per heavy atom. The van der Waals surface area contributed by atoms with Crippen LogP contribution in [0.2, 0.25) is 0 Å². The molecule has 1 aliphatic rings. The van der Waals surface area contributed by atoms with Crippen LogP contribution in [-0.4, -0.2) is 39.0 Å². The Balaban J connectivity index is 2.16. The van der Waals surface area contributed by atoms with Gasteiger partial charge in [0.2, 0.25) is 10.0 Å². The molecule has 112 valence electrons. The molecule has 1 heterocycles. The van der Waals surface area contributed by atoms with Crippen LogP contribution < -0.4 is 0 Å². The Labute approximate surface area is 136 Å². The quantitative estimate of drug-likeness (QED) is 0.741. The molecule has 1 unspecified atom stereocenters. The van der Waals surface area contributed by atoms with E-state index in [4.69, 9.17) is 4.74 Å². The summed E-state index contributed by atoms with van der Waals surface area (Å²) in [5, 5.41) is 0. The second kappa shape index (κ2) is 6.87. The number of hydrogen-bond donors (Lipinski definition) is 0. The van der Waals surface area contributed by atoms with Crippen LogP contribution in [0.4, 0.5) is 0 Å². The van der Waals surface area contributed by atoms with Crippen LogP contribution in [0.5, 0.6) is 0 Å². The molecule has 0 spiro atoms. The third-order valence-electron chi connectivity index (χ3n) is 3.32. The molecule has 1 atom stereocenters. The Morgan fingerprint density at radius 1 is 1.35 bits per heavy atom. The summed E-state index contributed by atoms with van der Waals surface area (Å²) >= 11 is 6.63. The lowest BCUT2D eigenvalue weighted by atomic mass is 10.1. The molecule has 1 aromatic carbocycles. The molecule has 0 amide bonds. The fraction of sp³-hybridized carbons (Fsp3) is 0.538. The van der Waals surface area contributed by atoms with Crippen molar-refractivity contribution >= 4 is 41.9 Å². The molecule has 0 aromatic heterocycles. The van der Waals surface area contributed by atoms with Crippen molar-refractivity contribution in [2.45, 2.75) is 30.3 Å². The molecular formula is C13H17Br2NO3S. The van der Waals surface area contributed by atoms with E-state index in [0.717, 1.165) is 30.3 Å². The molecule has 0 aliphatic carbocycles. The molecule has 4 nitrogen and oxygen atoms in total. The van der Waals surface area contributed by atoms with Crippen molar-refractivity contribution < 1.29 is 13.2 Å². The molecule has 1 saturated heterocycles. The summed E-state index contributed by atoms with van der Waals surface area (Å²) in [5.41, 5.74) is 0. The number of rotatable bonds is 4. The van der Waals surface area contributed by atoms with Gasteiger partial charge in [-0.1, -0.05) is 15.9 Å². The maximum Gasteiger partial charge on any atom is 0.244 e. The third-order valence-corrected chi connectivity index (χ3v) is 6.61. The first-order chi connectivity index (χ1) is 9.41. The van der Waals surface area contributed by atoms with E-state index in [1.54, 1.807) is 25.2 Å². The fourth-order valence-corrected chi connectivity index (χ4v) is 5.09. The number of sulfonamides is 1. The van der Waals surface area contributed by atoms with Crippen LogP contribution in [0.3, 0.4) is 0 Å². The molecule has 0 radical (unpaired) electrons. The highest BCUT2D eigenvalue weighted by molar-refractivity contribution is 9.11. The van der Waals surface area contributed by atoms with Crippen molar-refractivity contribution in [1.82, 2.24) is 4.31 Å². The molecule has 7 heteroatoms. The Bertz CT molecular complexity index is 571. The third kappa shape index (κ3) is 3.82. The molecule has 2 rings (SSSR count). The van der Waals surface area contributed by atoms with Gasteiger partial charge in [0.15, 0.2) is 0 Å². The summed E-state index contributed by atoms with van der Waals surface area (Å²) in [6.07, 6.45) is 3.07. The molecule has 0 saturated carbocycles. The van der Waals surface area contributed by atoms with Crippen molar-refractivity contribution in [1.29, 1.82) is 0 Å². The van der Waals surface area contributed by atoms with Gasteiger partial charge in [0, 0.05) is 29.1 Å². The zero-order valence-corrected chi connectivity index (χ0v) is 15.2. The maximum absolute atomic E-state index is 12.6. The number of ether oxygens (including phenoxy) is 1. The fourth-order valence-electron chi connectivity index (χ4n) is 2.19. The molecular weight excluding hydrogens is 410 g/mol. The first-order valence-corrected chi connectivity index (χ1v) is 9.47. The van der Waals surface area contributed by atoms with E-state index in [1.165, 1.54) is 4.31 Å². The van der Waals surface area contributed by atoms with Gasteiger partial charge in [-0.15, -0.1) is 0 Å². The minimum atomic E-state index is -3.50. The highest BCUT2D eigenvalue weighted by Crippen LogP contribution is 2.28. The molecule has 1 fully saturated rings. The second-order valence-corrected chi connectivity index (χ2v) is 8.63. The summed E-state index contributed by atoms with van der Waals surface area (Å²) in [5.74, 6) is 0. The minimum absolute atomic E-state index is 0.00208. The predicted octanol–water partition coefficient (Wildman–Crippen LogP) is 3.40. The van der Waals surface area contributed by atoms with Crippen molar-refractivity contribution in [2.75, 3.05) is 20.2 Å². The van der Waals surface area contributed by atoms with Crippen LogP contribution in [0.1, 0.15) is 19.3 Å². The number of halogens is 2. The monoisotopic (exact) mass is 425 g/mol. The van der Waals surface area contributed by atoms with E-state index in [-0.39, 0.29) is 11.0 Å². The minimum Gasteiger partial charge on any atom is -0.377 e. The SMILES string of the molecule is CN(CC1CCCCO1)S(=O)(=O)c1ccc(Br)cc1Br. The van der Waals surface area contributed by atoms with Crippen LogP contribution in [-0.2, 0) is 14.8 Å². The van der Waals surface area contributed by atoms with Gasteiger partial charge < -0.3 is 4.74 Å². The lowest BCUT2D eigenvalue weighted by Crippen LogP contribution is -2.37. The normalized spacial score (nSPS) is 20.3. The van der Waals surface area contributed by atoms with E-state index >= 15 is 0 Å². The van der Waals surface area contributed by atoms with E-state index in [9.17, 15) is 8.42 Å². The van der Waals surface area contributed by atoms with Gasteiger partial charge in [0.25, 0.3) is 0 Å². The first kappa shape index (κ1) is 16.4. The van der Waals surface area contributed by atoms with E-state index < -0.39 is 10.0 Å². The maximum atomic E-state index is 12.6. The van der Waals surface area contributed by atoms with Gasteiger partial charge >= 0.3 is 0 Å². The average Bonchev–Trinajstić information content (AvgIpc) is 2.39. The highest BCUT2D eigenvalue weighted by atomic mass is 79.9. The van der Waals surface area contributed by atoms with Gasteiger partial charge in [0.05, 0.1) is 11.0 Å². The van der Waals surface area contributed by atoms with Crippen molar-refractivity contribution in [3.63, 3.8) is 0 Å². The first-order valence-electron chi connectivity index (χ1n) is 6.44. The van der Waals surface area contributed by atoms with E-state index in [2.05, 4.69) is 31.9 Å². The number of hydrogen-bond acceptors (Lipinski definition) is 3. The van der Waals surface area contributed by atoms with Gasteiger partial charge in [-0.3, -0.25) is 0 Å². The number of nitrogens with zero attached hydrogens (tertiary/aromatic N) is 1. The van der Waals surface area contributed by atoms with Gasteiger partial charge in [-0.25, -0.2) is 8.42 Å². The van der Waals surface area contributed by atoms with E-state index in [1.807, 2.05) is 0 Å². The van der Waals surface area contributed by atoms with E-state index in [0.29, 0.717) is 11.0 Å². The second-order valence-electron chi connectivity index (χ2n) is 4.85. The Kier molecular flexibility index (Phi) is 5.64. The molecule has 0 N–H and O–H groups in total. The standard InChI is InChI=1S/C13H17Br2NO3S/c1-16(9-11-4-2-3-7-19-11)20(17,18)13-6-5-10(14)8-12(13)15/h5-6,8,11H,2-4,7,9H2,1H3. The summed E-state index contributed by atoms with van der Waals surface area (Å²) in [6.45, 7) is 1.12.